The summed E-state index contributed by atoms with van der Waals surface area (Å²) in [4.78, 5) is 0. The van der Waals surface area contributed by atoms with E-state index in [1.807, 2.05) is 6.08 Å². The number of halogens is 2. The summed E-state index contributed by atoms with van der Waals surface area (Å²) in [6.45, 7) is 2.32. The second-order valence-corrected chi connectivity index (χ2v) is 8.91. The van der Waals surface area contributed by atoms with E-state index in [0.717, 1.165) is 17.8 Å². The van der Waals surface area contributed by atoms with E-state index in [0.29, 0.717) is 11.5 Å². The first-order valence-corrected chi connectivity index (χ1v) is 11.2. The number of allylic oxidation sites excluding steroid dienone is 2. The summed E-state index contributed by atoms with van der Waals surface area (Å²) in [5.41, 5.74) is 0.670. The second-order valence-electron chi connectivity index (χ2n) is 8.50. The van der Waals surface area contributed by atoms with Crippen molar-refractivity contribution in [2.75, 3.05) is 0 Å². The van der Waals surface area contributed by atoms with Crippen molar-refractivity contribution in [3.63, 3.8) is 0 Å². The van der Waals surface area contributed by atoms with Gasteiger partial charge in [0.1, 0.15) is 5.82 Å². The van der Waals surface area contributed by atoms with Crippen LogP contribution in [0, 0.1) is 41.3 Å². The highest BCUT2D eigenvalue weighted by Crippen LogP contribution is 2.42. The molecule has 0 nitrogen and oxygen atoms in total. The minimum atomic E-state index is -0.408. The fourth-order valence-electron chi connectivity index (χ4n) is 5.05. The van der Waals surface area contributed by atoms with Crippen molar-refractivity contribution in [2.24, 2.45) is 23.7 Å². The zero-order chi connectivity index (χ0) is 19.1. The largest absolute Gasteiger partial charge is 0.205 e. The van der Waals surface area contributed by atoms with Gasteiger partial charge in [0.05, 0.1) is 5.02 Å². The molecule has 0 atom stereocenters. The molecule has 0 radical (unpaired) electrons. The lowest BCUT2D eigenvalue weighted by molar-refractivity contribution is 0.152. The summed E-state index contributed by atoms with van der Waals surface area (Å²) < 4.78 is 13.4. The Balaban J connectivity index is 1.41. The maximum absolute atomic E-state index is 13.4. The summed E-state index contributed by atoms with van der Waals surface area (Å²) in [6, 6.07) is 4.71. The number of rotatable bonds is 4. The Labute approximate surface area is 169 Å². The Hall–Kier alpha value is -1.26. The van der Waals surface area contributed by atoms with Crippen molar-refractivity contribution in [3.05, 3.63) is 46.8 Å². The number of hydrogen-bond acceptors (Lipinski definition) is 0. The molecule has 0 amide bonds. The minimum Gasteiger partial charge on any atom is -0.205 e. The molecule has 2 fully saturated rings. The summed E-state index contributed by atoms with van der Waals surface area (Å²) in [6.07, 6.45) is 18.2. The van der Waals surface area contributed by atoms with Gasteiger partial charge in [-0.25, -0.2) is 4.39 Å². The van der Waals surface area contributed by atoms with E-state index in [4.69, 9.17) is 11.6 Å². The molecule has 0 bridgehead atoms. The molecule has 2 saturated carbocycles. The Kier molecular flexibility index (Phi) is 7.83. The second kappa shape index (κ2) is 10.3. The molecule has 0 saturated heterocycles. The summed E-state index contributed by atoms with van der Waals surface area (Å²) in [5.74, 6) is 9.25. The van der Waals surface area contributed by atoms with Crippen molar-refractivity contribution in [2.45, 2.75) is 71.1 Å². The van der Waals surface area contributed by atoms with Gasteiger partial charge >= 0.3 is 0 Å². The molecule has 0 heterocycles. The lowest BCUT2D eigenvalue weighted by Gasteiger charge is -2.37. The first-order chi connectivity index (χ1) is 13.2. The van der Waals surface area contributed by atoms with Crippen molar-refractivity contribution < 1.29 is 4.39 Å². The highest BCUT2D eigenvalue weighted by atomic mass is 35.5. The molecular formula is C25H32ClF. The van der Waals surface area contributed by atoms with E-state index in [9.17, 15) is 4.39 Å². The SMILES string of the molecule is CCC[C@H]1CC[C@H](C2CCC(C=CC#Cc3ccc(Cl)c(F)c3)CC2)CC1. The van der Waals surface area contributed by atoms with Gasteiger partial charge in [0.15, 0.2) is 0 Å². The van der Waals surface area contributed by atoms with Gasteiger partial charge in [-0.05, 0) is 86.5 Å². The molecule has 0 unspecified atom stereocenters. The van der Waals surface area contributed by atoms with Crippen molar-refractivity contribution in [3.8, 4) is 11.8 Å². The third kappa shape index (κ3) is 6.11. The van der Waals surface area contributed by atoms with Crippen LogP contribution in [0.5, 0.6) is 0 Å². The van der Waals surface area contributed by atoms with Gasteiger partial charge in [0.25, 0.3) is 0 Å². The van der Waals surface area contributed by atoms with Crippen LogP contribution in [0.1, 0.15) is 76.7 Å². The van der Waals surface area contributed by atoms with Gasteiger partial charge in [-0.2, -0.15) is 0 Å². The van der Waals surface area contributed by atoms with Crippen LogP contribution < -0.4 is 0 Å². The average molecular weight is 387 g/mol. The number of benzene rings is 1. The van der Waals surface area contributed by atoms with Crippen LogP contribution in [-0.4, -0.2) is 0 Å². The molecule has 0 aliphatic heterocycles. The zero-order valence-electron chi connectivity index (χ0n) is 16.5. The van der Waals surface area contributed by atoms with E-state index in [1.54, 1.807) is 12.1 Å². The van der Waals surface area contributed by atoms with Crippen LogP contribution in [0.3, 0.4) is 0 Å². The molecule has 146 valence electrons. The molecule has 2 heteroatoms. The molecule has 27 heavy (non-hydrogen) atoms. The molecule has 2 aliphatic carbocycles. The lowest BCUT2D eigenvalue weighted by atomic mass is 9.69. The molecule has 1 aromatic carbocycles. The lowest BCUT2D eigenvalue weighted by Crippen LogP contribution is -2.25. The fraction of sp³-hybridized carbons (Fsp3) is 0.600. The molecule has 0 spiro atoms. The zero-order valence-corrected chi connectivity index (χ0v) is 17.3. The summed E-state index contributed by atoms with van der Waals surface area (Å²) in [7, 11) is 0. The first kappa shape index (κ1) is 20.5. The third-order valence-corrected chi connectivity index (χ3v) is 6.97. The highest BCUT2D eigenvalue weighted by Gasteiger charge is 2.29. The Morgan fingerprint density at radius 3 is 2.33 bits per heavy atom. The van der Waals surface area contributed by atoms with E-state index in [2.05, 4.69) is 24.8 Å². The van der Waals surface area contributed by atoms with Gasteiger partial charge in [0, 0.05) is 5.56 Å². The van der Waals surface area contributed by atoms with Crippen molar-refractivity contribution in [1.82, 2.24) is 0 Å². The molecule has 0 N–H and O–H groups in total. The van der Waals surface area contributed by atoms with Crippen molar-refractivity contribution >= 4 is 11.6 Å². The maximum atomic E-state index is 13.4. The van der Waals surface area contributed by atoms with Crippen LogP contribution in [0.2, 0.25) is 5.02 Å². The smallest absolute Gasteiger partial charge is 0.143 e. The Bertz CT molecular complexity index is 680. The standard InChI is InChI=1S/C25H32ClF/c1-2-5-19-8-13-22(14-9-19)23-15-10-20(11-16-23)6-3-4-7-21-12-17-24(26)25(27)18-21/h3,6,12,17-20,22-23H,2,5,8-11,13-16H2,1H3/t19-,20?,22-,23?. The molecule has 3 rings (SSSR count). The van der Waals surface area contributed by atoms with Gasteiger partial charge in [0.2, 0.25) is 0 Å². The van der Waals surface area contributed by atoms with Crippen LogP contribution >= 0.6 is 11.6 Å². The van der Waals surface area contributed by atoms with E-state index in [1.165, 1.54) is 70.3 Å². The van der Waals surface area contributed by atoms with Crippen molar-refractivity contribution in [1.29, 1.82) is 0 Å². The van der Waals surface area contributed by atoms with Crippen LogP contribution in [0.4, 0.5) is 4.39 Å². The van der Waals surface area contributed by atoms with E-state index < -0.39 is 5.82 Å². The normalized spacial score (nSPS) is 28.7. The van der Waals surface area contributed by atoms with Crippen LogP contribution in [-0.2, 0) is 0 Å². The average Bonchev–Trinajstić information content (AvgIpc) is 2.69. The fourth-order valence-corrected chi connectivity index (χ4v) is 5.17. The van der Waals surface area contributed by atoms with Gasteiger partial charge in [-0.15, -0.1) is 0 Å². The molecule has 0 aromatic heterocycles. The topological polar surface area (TPSA) is 0 Å². The monoisotopic (exact) mass is 386 g/mol. The predicted molar refractivity (Wildman–Crippen MR) is 113 cm³/mol. The van der Waals surface area contributed by atoms with Crippen LogP contribution in [0.25, 0.3) is 0 Å². The van der Waals surface area contributed by atoms with E-state index >= 15 is 0 Å². The number of hydrogen-bond donors (Lipinski definition) is 0. The highest BCUT2D eigenvalue weighted by molar-refractivity contribution is 6.30. The minimum absolute atomic E-state index is 0.145. The predicted octanol–water partition coefficient (Wildman–Crippen LogP) is 7.80. The van der Waals surface area contributed by atoms with Gasteiger partial charge < -0.3 is 0 Å². The molecule has 1 aromatic rings. The first-order valence-electron chi connectivity index (χ1n) is 10.8. The van der Waals surface area contributed by atoms with Gasteiger partial charge in [-0.1, -0.05) is 62.1 Å². The van der Waals surface area contributed by atoms with Gasteiger partial charge in [-0.3, -0.25) is 0 Å². The van der Waals surface area contributed by atoms with Crippen LogP contribution in [0.15, 0.2) is 30.4 Å². The van der Waals surface area contributed by atoms with E-state index in [-0.39, 0.29) is 5.02 Å². The molecular weight excluding hydrogens is 355 g/mol. The Morgan fingerprint density at radius 1 is 1.04 bits per heavy atom. The summed E-state index contributed by atoms with van der Waals surface area (Å²) in [5, 5.41) is 0.145. The maximum Gasteiger partial charge on any atom is 0.143 e. The molecule has 2 aliphatic rings. The quantitative estimate of drug-likeness (QED) is 0.463. The summed E-state index contributed by atoms with van der Waals surface area (Å²) >= 11 is 5.70. The Morgan fingerprint density at radius 2 is 1.70 bits per heavy atom. The third-order valence-electron chi connectivity index (χ3n) is 6.66.